The Balaban J connectivity index is 2.12. The molecule has 1 saturated carbocycles. The van der Waals surface area contributed by atoms with Crippen LogP contribution in [0.3, 0.4) is 0 Å². The van der Waals surface area contributed by atoms with E-state index in [-0.39, 0.29) is 17.3 Å². The number of esters is 1. The SMILES string of the molecule is C=C(C)[C@@H]1CCC2=C[C@](O)(C(C)C)CCC23OC(=O)CC[C@@]13C. The number of hydrogen-bond acceptors (Lipinski definition) is 3. The van der Waals surface area contributed by atoms with Crippen molar-refractivity contribution < 1.29 is 14.6 Å². The molecule has 3 aliphatic rings. The Morgan fingerprint density at radius 1 is 1.35 bits per heavy atom. The smallest absolute Gasteiger partial charge is 0.306 e. The molecule has 0 amide bonds. The number of allylic oxidation sites excluding steroid dienone is 1. The zero-order valence-electron chi connectivity index (χ0n) is 14.9. The van der Waals surface area contributed by atoms with E-state index >= 15 is 0 Å². The molecule has 1 unspecified atom stereocenters. The fourth-order valence-corrected chi connectivity index (χ4v) is 5.32. The van der Waals surface area contributed by atoms with Crippen LogP contribution in [-0.4, -0.2) is 22.3 Å². The second kappa shape index (κ2) is 5.20. The van der Waals surface area contributed by atoms with Crippen molar-refractivity contribution in [3.05, 3.63) is 23.8 Å². The van der Waals surface area contributed by atoms with Crippen LogP contribution in [0.2, 0.25) is 0 Å². The van der Waals surface area contributed by atoms with Crippen LogP contribution in [0.25, 0.3) is 0 Å². The van der Waals surface area contributed by atoms with E-state index in [1.165, 1.54) is 5.57 Å². The topological polar surface area (TPSA) is 46.5 Å². The minimum Gasteiger partial charge on any atom is -0.454 e. The largest absolute Gasteiger partial charge is 0.454 e. The molecule has 0 radical (unpaired) electrons. The fourth-order valence-electron chi connectivity index (χ4n) is 5.32. The van der Waals surface area contributed by atoms with Crippen molar-refractivity contribution in [3.63, 3.8) is 0 Å². The number of hydrogen-bond donors (Lipinski definition) is 1. The zero-order valence-corrected chi connectivity index (χ0v) is 14.9. The molecule has 0 bridgehead atoms. The van der Waals surface area contributed by atoms with Crippen molar-refractivity contribution in [2.24, 2.45) is 17.3 Å². The number of ether oxygens (including phenoxy) is 1. The summed E-state index contributed by atoms with van der Waals surface area (Å²) in [6.07, 6.45) is 6.66. The first-order valence-electron chi connectivity index (χ1n) is 8.96. The van der Waals surface area contributed by atoms with Crippen LogP contribution in [0.5, 0.6) is 0 Å². The molecule has 3 rings (SSSR count). The predicted octanol–water partition coefficient (Wildman–Crippen LogP) is 4.16. The molecule has 3 heteroatoms. The van der Waals surface area contributed by atoms with Gasteiger partial charge >= 0.3 is 5.97 Å². The third-order valence-corrected chi connectivity index (χ3v) is 6.95. The van der Waals surface area contributed by atoms with Gasteiger partial charge in [-0.1, -0.05) is 32.9 Å². The summed E-state index contributed by atoms with van der Waals surface area (Å²) in [5.41, 5.74) is 0.920. The van der Waals surface area contributed by atoms with Crippen LogP contribution in [0.4, 0.5) is 0 Å². The van der Waals surface area contributed by atoms with Gasteiger partial charge in [-0.3, -0.25) is 4.79 Å². The normalized spacial score (nSPS) is 43.3. The molecule has 3 nitrogen and oxygen atoms in total. The van der Waals surface area contributed by atoms with Gasteiger partial charge in [-0.2, -0.15) is 0 Å². The number of rotatable bonds is 2. The molecule has 0 aromatic heterocycles. The van der Waals surface area contributed by atoms with E-state index in [0.29, 0.717) is 18.8 Å². The summed E-state index contributed by atoms with van der Waals surface area (Å²) >= 11 is 0. The Kier molecular flexibility index (Phi) is 3.79. The van der Waals surface area contributed by atoms with E-state index in [2.05, 4.69) is 34.3 Å². The Hall–Kier alpha value is -1.09. The van der Waals surface area contributed by atoms with Crippen molar-refractivity contribution in [3.8, 4) is 0 Å². The third kappa shape index (κ3) is 2.23. The quantitative estimate of drug-likeness (QED) is 0.614. The molecule has 2 aliphatic carbocycles. The lowest BCUT2D eigenvalue weighted by Crippen LogP contribution is -2.62. The molecule has 1 heterocycles. The first-order valence-corrected chi connectivity index (χ1v) is 8.96. The van der Waals surface area contributed by atoms with Gasteiger partial charge in [0.15, 0.2) is 0 Å². The maximum Gasteiger partial charge on any atom is 0.306 e. The van der Waals surface area contributed by atoms with Crippen LogP contribution in [-0.2, 0) is 9.53 Å². The summed E-state index contributed by atoms with van der Waals surface area (Å²) in [5, 5.41) is 11.0. The van der Waals surface area contributed by atoms with Gasteiger partial charge in [0.25, 0.3) is 0 Å². The molecule has 1 spiro atoms. The van der Waals surface area contributed by atoms with E-state index < -0.39 is 11.2 Å². The van der Waals surface area contributed by atoms with Gasteiger partial charge in [0.05, 0.1) is 5.60 Å². The van der Waals surface area contributed by atoms with Crippen LogP contribution < -0.4 is 0 Å². The first kappa shape index (κ1) is 16.8. The van der Waals surface area contributed by atoms with Gasteiger partial charge in [0.1, 0.15) is 5.60 Å². The van der Waals surface area contributed by atoms with Crippen molar-refractivity contribution in [1.82, 2.24) is 0 Å². The van der Waals surface area contributed by atoms with Crippen LogP contribution in [0, 0.1) is 17.3 Å². The highest BCUT2D eigenvalue weighted by Gasteiger charge is 2.63. The van der Waals surface area contributed by atoms with Gasteiger partial charge < -0.3 is 9.84 Å². The molecule has 1 aliphatic heterocycles. The van der Waals surface area contributed by atoms with E-state index in [1.54, 1.807) is 0 Å². The summed E-state index contributed by atoms with van der Waals surface area (Å²) < 4.78 is 6.08. The Morgan fingerprint density at radius 3 is 2.65 bits per heavy atom. The molecule has 0 aromatic rings. The van der Waals surface area contributed by atoms with E-state index in [4.69, 9.17) is 4.74 Å². The summed E-state index contributed by atoms with van der Waals surface area (Å²) in [5.74, 6) is 0.445. The highest BCUT2D eigenvalue weighted by Crippen LogP contribution is 2.63. The summed E-state index contributed by atoms with van der Waals surface area (Å²) in [7, 11) is 0. The molecule has 0 aromatic carbocycles. The molecule has 1 N–H and O–H groups in total. The molecular formula is C20H30O3. The average molecular weight is 318 g/mol. The van der Waals surface area contributed by atoms with Crippen LogP contribution in [0.15, 0.2) is 23.8 Å². The summed E-state index contributed by atoms with van der Waals surface area (Å²) in [4.78, 5) is 12.1. The fraction of sp³-hybridized carbons (Fsp3) is 0.750. The second-order valence-electron chi connectivity index (χ2n) is 8.47. The summed E-state index contributed by atoms with van der Waals surface area (Å²) in [6, 6.07) is 0. The van der Waals surface area contributed by atoms with E-state index in [1.807, 2.05) is 6.08 Å². The monoisotopic (exact) mass is 318 g/mol. The van der Waals surface area contributed by atoms with Gasteiger partial charge in [-0.05, 0) is 62.5 Å². The van der Waals surface area contributed by atoms with Gasteiger partial charge in [0.2, 0.25) is 0 Å². The molecule has 1 saturated heterocycles. The average Bonchev–Trinajstić information content (AvgIpc) is 2.46. The molecule has 4 atom stereocenters. The Morgan fingerprint density at radius 2 is 2.04 bits per heavy atom. The lowest BCUT2D eigenvalue weighted by atomic mass is 9.49. The van der Waals surface area contributed by atoms with Gasteiger partial charge in [-0.25, -0.2) is 0 Å². The Labute approximate surface area is 139 Å². The van der Waals surface area contributed by atoms with Crippen molar-refractivity contribution in [2.45, 2.75) is 77.4 Å². The number of carbonyl (C=O) groups excluding carboxylic acids is 1. The van der Waals surface area contributed by atoms with E-state index in [0.717, 1.165) is 31.3 Å². The standard InChI is InChI=1S/C20H30O3/c1-13(2)16-7-6-15-12-19(22,14(3)4)10-11-20(15)18(16,5)9-8-17(21)23-20/h12,14,16,22H,1,6-11H2,2-5H3/t16-,18-,19-,20?/m0/s1. The molecule has 23 heavy (non-hydrogen) atoms. The number of aliphatic hydroxyl groups is 1. The van der Waals surface area contributed by atoms with Crippen molar-refractivity contribution >= 4 is 5.97 Å². The number of carbonyl (C=O) groups is 1. The lowest BCUT2D eigenvalue weighted by Gasteiger charge is -2.61. The third-order valence-electron chi connectivity index (χ3n) is 6.95. The summed E-state index contributed by atoms with van der Waals surface area (Å²) in [6.45, 7) is 12.7. The minimum atomic E-state index is -0.776. The van der Waals surface area contributed by atoms with E-state index in [9.17, 15) is 9.90 Å². The Bertz CT molecular complexity index is 575. The highest BCUT2D eigenvalue weighted by atomic mass is 16.6. The second-order valence-corrected chi connectivity index (χ2v) is 8.47. The maximum atomic E-state index is 12.1. The zero-order chi connectivity index (χ0) is 17.0. The minimum absolute atomic E-state index is 0.0919. The van der Waals surface area contributed by atoms with Crippen molar-refractivity contribution in [1.29, 1.82) is 0 Å². The predicted molar refractivity (Wildman–Crippen MR) is 90.8 cm³/mol. The van der Waals surface area contributed by atoms with Gasteiger partial charge in [0, 0.05) is 11.8 Å². The molecule has 128 valence electrons. The van der Waals surface area contributed by atoms with Crippen molar-refractivity contribution in [2.75, 3.05) is 0 Å². The highest BCUT2D eigenvalue weighted by molar-refractivity contribution is 5.72. The molecule has 2 fully saturated rings. The lowest BCUT2D eigenvalue weighted by molar-refractivity contribution is -0.201. The maximum absolute atomic E-state index is 12.1. The molecular weight excluding hydrogens is 288 g/mol. The van der Waals surface area contributed by atoms with Crippen LogP contribution in [0.1, 0.15) is 66.2 Å². The van der Waals surface area contributed by atoms with Crippen LogP contribution >= 0.6 is 0 Å². The van der Waals surface area contributed by atoms with Gasteiger partial charge in [-0.15, -0.1) is 0 Å². The first-order chi connectivity index (χ1) is 10.6.